The molecule has 5 rings (SSSR count). The highest BCUT2D eigenvalue weighted by Crippen LogP contribution is 2.27. The fourth-order valence-corrected chi connectivity index (χ4v) is 3.49. The van der Waals surface area contributed by atoms with Crippen LogP contribution in [0, 0.1) is 6.92 Å². The lowest BCUT2D eigenvalue weighted by Gasteiger charge is -2.11. The molecule has 7 nitrogen and oxygen atoms in total. The van der Waals surface area contributed by atoms with Crippen LogP contribution in [0.3, 0.4) is 0 Å². The monoisotopic (exact) mass is 395 g/mol. The Kier molecular flexibility index (Phi) is 4.28. The molecule has 5 aromatic rings. The van der Waals surface area contributed by atoms with E-state index in [0.717, 1.165) is 50.4 Å². The number of anilines is 2. The van der Waals surface area contributed by atoms with Crippen molar-refractivity contribution in [2.24, 2.45) is 14.1 Å². The summed E-state index contributed by atoms with van der Waals surface area (Å²) in [4.78, 5) is 9.35. The standard InChI is InChI=1S/C23H21N7/c1-15-8-16(18-11-25-29(2)13-18)4-6-20(15)28-23-9-22-17(10-24-23)5-7-21(27-22)19-12-26-30(3)14-19/h4-14H,1-3H3,(H,24,28). The van der Waals surface area contributed by atoms with Crippen LogP contribution < -0.4 is 5.32 Å². The maximum absolute atomic E-state index is 4.80. The summed E-state index contributed by atoms with van der Waals surface area (Å²) in [7, 11) is 3.82. The van der Waals surface area contributed by atoms with Gasteiger partial charge in [0.2, 0.25) is 0 Å². The maximum Gasteiger partial charge on any atom is 0.132 e. The molecular formula is C23H21N7. The Hall–Kier alpha value is -4.00. The van der Waals surface area contributed by atoms with Crippen LogP contribution in [0.1, 0.15) is 5.56 Å². The minimum Gasteiger partial charge on any atom is -0.340 e. The summed E-state index contributed by atoms with van der Waals surface area (Å²) in [6.07, 6.45) is 9.51. The van der Waals surface area contributed by atoms with Gasteiger partial charge in [-0.15, -0.1) is 0 Å². The number of hydrogen-bond acceptors (Lipinski definition) is 5. The van der Waals surface area contributed by atoms with Crippen molar-refractivity contribution in [1.82, 2.24) is 29.5 Å². The van der Waals surface area contributed by atoms with Crippen molar-refractivity contribution in [2.45, 2.75) is 6.92 Å². The number of nitrogens with one attached hydrogen (secondary N) is 1. The molecule has 0 amide bonds. The van der Waals surface area contributed by atoms with Crippen LogP contribution in [0.25, 0.3) is 33.3 Å². The average Bonchev–Trinajstić information content (AvgIpc) is 3.37. The molecule has 0 aliphatic heterocycles. The van der Waals surface area contributed by atoms with Crippen LogP contribution in [0.2, 0.25) is 0 Å². The largest absolute Gasteiger partial charge is 0.340 e. The quantitative estimate of drug-likeness (QED) is 0.486. The van der Waals surface area contributed by atoms with Gasteiger partial charge in [0.25, 0.3) is 0 Å². The number of rotatable bonds is 4. The molecule has 0 aliphatic rings. The zero-order chi connectivity index (χ0) is 20.7. The summed E-state index contributed by atoms with van der Waals surface area (Å²) in [5.74, 6) is 0.760. The third kappa shape index (κ3) is 3.41. The number of nitrogens with zero attached hydrogens (tertiary/aromatic N) is 6. The summed E-state index contributed by atoms with van der Waals surface area (Å²) < 4.78 is 3.58. The molecule has 7 heteroatoms. The minimum absolute atomic E-state index is 0.760. The highest BCUT2D eigenvalue weighted by atomic mass is 15.2. The van der Waals surface area contributed by atoms with Crippen molar-refractivity contribution in [1.29, 1.82) is 0 Å². The Morgan fingerprint density at radius 3 is 2.27 bits per heavy atom. The number of aryl methyl sites for hydroxylation is 3. The van der Waals surface area contributed by atoms with Gasteiger partial charge in [-0.3, -0.25) is 9.36 Å². The van der Waals surface area contributed by atoms with Crippen molar-refractivity contribution in [3.8, 4) is 22.4 Å². The molecule has 1 N–H and O–H groups in total. The molecule has 0 saturated carbocycles. The molecule has 30 heavy (non-hydrogen) atoms. The van der Waals surface area contributed by atoms with E-state index in [1.54, 1.807) is 4.68 Å². The number of pyridine rings is 2. The zero-order valence-corrected chi connectivity index (χ0v) is 17.0. The van der Waals surface area contributed by atoms with Gasteiger partial charge in [-0.25, -0.2) is 9.97 Å². The van der Waals surface area contributed by atoms with Gasteiger partial charge in [-0.1, -0.05) is 6.07 Å². The summed E-state index contributed by atoms with van der Waals surface area (Å²) in [5, 5.41) is 12.9. The summed E-state index contributed by atoms with van der Waals surface area (Å²) >= 11 is 0. The van der Waals surface area contributed by atoms with Crippen LogP contribution in [0.15, 0.2) is 67.4 Å². The molecule has 0 fully saturated rings. The molecule has 0 spiro atoms. The Morgan fingerprint density at radius 1 is 0.800 bits per heavy atom. The molecule has 4 aromatic heterocycles. The summed E-state index contributed by atoms with van der Waals surface area (Å²) in [6, 6.07) is 12.3. The second-order valence-corrected chi connectivity index (χ2v) is 7.42. The minimum atomic E-state index is 0.760. The number of benzene rings is 1. The van der Waals surface area contributed by atoms with Crippen LogP contribution in [-0.4, -0.2) is 29.5 Å². The molecule has 0 unspecified atom stereocenters. The fourth-order valence-electron chi connectivity index (χ4n) is 3.49. The van der Waals surface area contributed by atoms with E-state index < -0.39 is 0 Å². The number of fused-ring (bicyclic) bond motifs is 1. The number of hydrogen-bond donors (Lipinski definition) is 1. The average molecular weight is 395 g/mol. The van der Waals surface area contributed by atoms with Gasteiger partial charge >= 0.3 is 0 Å². The third-order valence-corrected chi connectivity index (χ3v) is 5.10. The first-order chi connectivity index (χ1) is 14.5. The first-order valence-electron chi connectivity index (χ1n) is 9.68. The first kappa shape index (κ1) is 18.1. The third-order valence-electron chi connectivity index (χ3n) is 5.10. The van der Waals surface area contributed by atoms with E-state index in [9.17, 15) is 0 Å². The van der Waals surface area contributed by atoms with Crippen molar-refractivity contribution in [3.05, 3.63) is 72.9 Å². The van der Waals surface area contributed by atoms with Crippen molar-refractivity contribution in [3.63, 3.8) is 0 Å². The summed E-state index contributed by atoms with van der Waals surface area (Å²) in [5.41, 5.74) is 7.16. The van der Waals surface area contributed by atoms with Gasteiger partial charge < -0.3 is 5.32 Å². The van der Waals surface area contributed by atoms with E-state index in [-0.39, 0.29) is 0 Å². The van der Waals surface area contributed by atoms with Gasteiger partial charge in [0.1, 0.15) is 5.82 Å². The molecule has 148 valence electrons. The van der Waals surface area contributed by atoms with Crippen LogP contribution >= 0.6 is 0 Å². The van der Waals surface area contributed by atoms with Gasteiger partial charge in [0.05, 0.1) is 23.6 Å². The predicted octanol–water partition coefficient (Wildman–Crippen LogP) is 4.48. The smallest absolute Gasteiger partial charge is 0.132 e. The lowest BCUT2D eigenvalue weighted by atomic mass is 10.1. The Labute approximate surface area is 174 Å². The van der Waals surface area contributed by atoms with E-state index >= 15 is 0 Å². The second kappa shape index (κ2) is 7.11. The van der Waals surface area contributed by atoms with E-state index in [1.807, 2.05) is 68.0 Å². The topological polar surface area (TPSA) is 73.5 Å². The second-order valence-electron chi connectivity index (χ2n) is 7.42. The molecule has 0 aliphatic carbocycles. The van der Waals surface area contributed by atoms with Gasteiger partial charge in [-0.05, 0) is 42.3 Å². The Morgan fingerprint density at radius 2 is 1.57 bits per heavy atom. The maximum atomic E-state index is 4.80. The van der Waals surface area contributed by atoms with E-state index in [4.69, 9.17) is 4.98 Å². The fraction of sp³-hybridized carbons (Fsp3) is 0.130. The van der Waals surface area contributed by atoms with E-state index in [2.05, 4.69) is 45.6 Å². The molecule has 1 aromatic carbocycles. The van der Waals surface area contributed by atoms with Crippen LogP contribution in [-0.2, 0) is 14.1 Å². The van der Waals surface area contributed by atoms with Crippen LogP contribution in [0.4, 0.5) is 11.5 Å². The van der Waals surface area contributed by atoms with Crippen LogP contribution in [0.5, 0.6) is 0 Å². The van der Waals surface area contributed by atoms with Gasteiger partial charge in [-0.2, -0.15) is 10.2 Å². The molecule has 0 bridgehead atoms. The lowest BCUT2D eigenvalue weighted by Crippen LogP contribution is -1.97. The van der Waals surface area contributed by atoms with E-state index in [0.29, 0.717) is 0 Å². The normalized spacial score (nSPS) is 11.2. The van der Waals surface area contributed by atoms with Crippen molar-refractivity contribution < 1.29 is 0 Å². The SMILES string of the molecule is Cc1cc(-c2cnn(C)c2)ccc1Nc1cc2nc(-c3cnn(C)c3)ccc2cn1. The highest BCUT2D eigenvalue weighted by molar-refractivity contribution is 5.83. The highest BCUT2D eigenvalue weighted by Gasteiger charge is 2.08. The predicted molar refractivity (Wildman–Crippen MR) is 118 cm³/mol. The van der Waals surface area contributed by atoms with Gasteiger partial charge in [0.15, 0.2) is 0 Å². The number of aromatic nitrogens is 6. The first-order valence-corrected chi connectivity index (χ1v) is 9.68. The van der Waals surface area contributed by atoms with E-state index in [1.165, 1.54) is 0 Å². The van der Waals surface area contributed by atoms with Crippen molar-refractivity contribution >= 4 is 22.4 Å². The molecule has 0 atom stereocenters. The Balaban J connectivity index is 1.44. The zero-order valence-electron chi connectivity index (χ0n) is 17.0. The van der Waals surface area contributed by atoms with Gasteiger partial charge in [0, 0.05) is 61.0 Å². The molecule has 0 saturated heterocycles. The summed E-state index contributed by atoms with van der Waals surface area (Å²) in [6.45, 7) is 2.09. The lowest BCUT2D eigenvalue weighted by molar-refractivity contribution is 0.768. The van der Waals surface area contributed by atoms with Crippen molar-refractivity contribution in [2.75, 3.05) is 5.32 Å². The molecular weight excluding hydrogens is 374 g/mol. The molecule has 0 radical (unpaired) electrons. The Bertz CT molecular complexity index is 1360. The molecule has 4 heterocycles.